The molecule has 0 saturated heterocycles. The number of carbonyl (C=O) groups is 2. The maximum Gasteiger partial charge on any atom is 0.436 e. The van der Waals surface area contributed by atoms with Gasteiger partial charge in [-0.15, -0.1) is 0 Å². The van der Waals surface area contributed by atoms with E-state index in [1.807, 2.05) is 30.3 Å². The molecule has 8 nitrogen and oxygen atoms in total. The van der Waals surface area contributed by atoms with Gasteiger partial charge in [-0.25, -0.2) is 14.5 Å². The average molecular weight is 502 g/mol. The van der Waals surface area contributed by atoms with Crippen molar-refractivity contribution < 1.29 is 23.8 Å². The first-order valence-electron chi connectivity index (χ1n) is 11.8. The molecule has 0 saturated carbocycles. The summed E-state index contributed by atoms with van der Waals surface area (Å²) in [5.74, 6) is 0.0553. The molecular weight excluding hydrogens is 462 g/mol. The molecule has 35 heavy (non-hydrogen) atoms. The van der Waals surface area contributed by atoms with Crippen molar-refractivity contribution in [3.63, 3.8) is 0 Å². The van der Waals surface area contributed by atoms with Crippen molar-refractivity contribution in [2.45, 2.75) is 78.4 Å². The number of ether oxygens (including phenoxy) is 3. The van der Waals surface area contributed by atoms with Gasteiger partial charge in [0, 0.05) is 31.8 Å². The topological polar surface area (TPSA) is 90.3 Å². The van der Waals surface area contributed by atoms with E-state index in [2.05, 4.69) is 29.6 Å². The van der Waals surface area contributed by atoms with E-state index in [1.54, 1.807) is 47.7 Å². The maximum atomic E-state index is 13.3. The lowest BCUT2D eigenvalue weighted by molar-refractivity contribution is 0.0105. The zero-order chi connectivity index (χ0) is 26.4. The summed E-state index contributed by atoms with van der Waals surface area (Å²) < 4.78 is 16.9. The zero-order valence-corrected chi connectivity index (χ0v) is 23.5. The van der Waals surface area contributed by atoms with E-state index in [0.29, 0.717) is 12.2 Å². The minimum absolute atomic E-state index is 0.0553. The number of nitrogens with zero attached hydrogens (tertiary/aromatic N) is 3. The fourth-order valence-corrected chi connectivity index (χ4v) is 3.65. The molecule has 192 valence electrons. The minimum atomic E-state index is -1.34. The third-order valence-corrected chi connectivity index (χ3v) is 6.23. The fraction of sp³-hybridized carbons (Fsp3) is 0.538. The normalized spacial score (nSPS) is 13.0. The summed E-state index contributed by atoms with van der Waals surface area (Å²) in [6.07, 6.45) is 0.0719. The summed E-state index contributed by atoms with van der Waals surface area (Å²) in [7, 11) is -1.34. The molecule has 1 heterocycles. The van der Waals surface area contributed by atoms with E-state index < -0.39 is 31.5 Å². The summed E-state index contributed by atoms with van der Waals surface area (Å²) in [6.45, 7) is 17.7. The van der Waals surface area contributed by atoms with Gasteiger partial charge in [-0.1, -0.05) is 37.8 Å². The van der Waals surface area contributed by atoms with E-state index >= 15 is 0 Å². The predicted octanol–water partition coefficient (Wildman–Crippen LogP) is 6.47. The summed E-state index contributed by atoms with van der Waals surface area (Å²) >= 11 is 0. The van der Waals surface area contributed by atoms with E-state index in [4.69, 9.17) is 14.2 Å². The van der Waals surface area contributed by atoms with Gasteiger partial charge in [0.1, 0.15) is 17.9 Å². The first-order chi connectivity index (χ1) is 16.0. The van der Waals surface area contributed by atoms with Crippen LogP contribution in [0.4, 0.5) is 9.59 Å². The van der Waals surface area contributed by atoms with Crippen LogP contribution in [0, 0.1) is 0 Å². The van der Waals surface area contributed by atoms with Crippen LogP contribution in [0.25, 0.3) is 10.9 Å². The van der Waals surface area contributed by atoms with Crippen LogP contribution in [0.1, 0.15) is 47.1 Å². The van der Waals surface area contributed by atoms with Crippen molar-refractivity contribution in [1.29, 1.82) is 0 Å². The van der Waals surface area contributed by atoms with Crippen molar-refractivity contribution in [1.82, 2.24) is 9.88 Å². The molecular formula is C26H39N3O5Si. The number of pyridine rings is 1. The fourth-order valence-electron chi connectivity index (χ4n) is 2.90. The summed E-state index contributed by atoms with van der Waals surface area (Å²) in [4.78, 5) is 35.9. The van der Waals surface area contributed by atoms with Gasteiger partial charge in [-0.05, 0) is 59.7 Å². The van der Waals surface area contributed by atoms with Crippen molar-refractivity contribution in [3.05, 3.63) is 42.1 Å². The van der Waals surface area contributed by atoms with Gasteiger partial charge in [0.15, 0.2) is 5.84 Å². The largest absolute Gasteiger partial charge is 0.443 e. The third-order valence-electron chi connectivity index (χ3n) is 4.53. The van der Waals surface area contributed by atoms with Gasteiger partial charge in [-0.3, -0.25) is 4.98 Å². The van der Waals surface area contributed by atoms with Gasteiger partial charge in [0.2, 0.25) is 0 Å². The third kappa shape index (κ3) is 10.2. The highest BCUT2D eigenvalue weighted by Crippen LogP contribution is 2.19. The Hall–Kier alpha value is -2.78. The standard InChI is InChI=1S/C26H39N3O5Si/c1-25(2,3)33-23(30)28-22(20-16-19-12-10-11-13-21(19)27-17-20)29(24(31)34-26(4,5)6)18-32-14-15-35(7,8)9/h10-13,16-17H,14-15,18H2,1-9H3/b28-22+. The first-order valence-corrected chi connectivity index (χ1v) is 15.5. The van der Waals surface area contributed by atoms with Crippen LogP contribution in [-0.2, 0) is 14.2 Å². The van der Waals surface area contributed by atoms with Crippen LogP contribution in [0.2, 0.25) is 25.7 Å². The highest BCUT2D eigenvalue weighted by molar-refractivity contribution is 6.76. The van der Waals surface area contributed by atoms with E-state index in [0.717, 1.165) is 16.9 Å². The monoisotopic (exact) mass is 501 g/mol. The Morgan fingerprint density at radius 3 is 2.23 bits per heavy atom. The Balaban J connectivity index is 2.52. The number of carbonyl (C=O) groups excluding carboxylic acids is 2. The number of hydrogen-bond acceptors (Lipinski definition) is 6. The number of benzene rings is 1. The Kier molecular flexibility index (Phi) is 9.19. The van der Waals surface area contributed by atoms with Crippen LogP contribution in [-0.4, -0.2) is 60.5 Å². The van der Waals surface area contributed by atoms with Crippen LogP contribution < -0.4 is 0 Å². The number of amidine groups is 1. The predicted molar refractivity (Wildman–Crippen MR) is 142 cm³/mol. The molecule has 0 spiro atoms. The molecule has 0 aliphatic carbocycles. The van der Waals surface area contributed by atoms with E-state index in [1.165, 1.54) is 4.90 Å². The Labute approximate surface area is 209 Å². The highest BCUT2D eigenvalue weighted by atomic mass is 28.3. The van der Waals surface area contributed by atoms with Gasteiger partial charge in [0.25, 0.3) is 0 Å². The van der Waals surface area contributed by atoms with E-state index in [-0.39, 0.29) is 12.6 Å². The number of para-hydroxylation sites is 1. The maximum absolute atomic E-state index is 13.3. The summed E-state index contributed by atoms with van der Waals surface area (Å²) in [6, 6.07) is 10.3. The molecule has 0 N–H and O–H groups in total. The number of rotatable bonds is 6. The molecule has 2 amide bonds. The number of aliphatic imine (C=N–C) groups is 1. The first kappa shape index (κ1) is 28.5. The minimum Gasteiger partial charge on any atom is -0.443 e. The van der Waals surface area contributed by atoms with Gasteiger partial charge in [-0.2, -0.15) is 4.99 Å². The van der Waals surface area contributed by atoms with Crippen molar-refractivity contribution in [2.24, 2.45) is 4.99 Å². The van der Waals surface area contributed by atoms with Crippen molar-refractivity contribution in [2.75, 3.05) is 13.3 Å². The highest BCUT2D eigenvalue weighted by Gasteiger charge is 2.29. The lowest BCUT2D eigenvalue weighted by atomic mass is 10.1. The number of aromatic nitrogens is 1. The Bertz CT molecular complexity index is 1070. The molecule has 9 heteroatoms. The molecule has 2 aromatic rings. The molecule has 0 bridgehead atoms. The van der Waals surface area contributed by atoms with Crippen LogP contribution >= 0.6 is 0 Å². The van der Waals surface area contributed by atoms with Gasteiger partial charge >= 0.3 is 12.2 Å². The SMILES string of the molecule is CC(C)(C)OC(=O)/N=C(\c1cnc2ccccc2c1)N(COCC[Si](C)(C)C)C(=O)OC(C)(C)C. The van der Waals surface area contributed by atoms with Crippen molar-refractivity contribution in [3.8, 4) is 0 Å². The van der Waals surface area contributed by atoms with Crippen LogP contribution in [0.3, 0.4) is 0 Å². The van der Waals surface area contributed by atoms with Gasteiger partial charge in [0.05, 0.1) is 5.52 Å². The lowest BCUT2D eigenvalue weighted by Gasteiger charge is -2.28. The zero-order valence-electron chi connectivity index (χ0n) is 22.5. The Morgan fingerprint density at radius 2 is 1.63 bits per heavy atom. The second-order valence-electron chi connectivity index (χ2n) is 11.6. The molecule has 1 aromatic heterocycles. The number of amides is 2. The molecule has 0 aliphatic heterocycles. The summed E-state index contributed by atoms with van der Waals surface area (Å²) in [5, 5.41) is 0.839. The summed E-state index contributed by atoms with van der Waals surface area (Å²) in [5.41, 5.74) is -0.262. The molecule has 0 fully saturated rings. The second kappa shape index (κ2) is 11.3. The van der Waals surface area contributed by atoms with Crippen LogP contribution in [0.15, 0.2) is 41.5 Å². The van der Waals surface area contributed by atoms with Crippen LogP contribution in [0.5, 0.6) is 0 Å². The van der Waals surface area contributed by atoms with Gasteiger partial charge < -0.3 is 14.2 Å². The lowest BCUT2D eigenvalue weighted by Crippen LogP contribution is -2.43. The Morgan fingerprint density at radius 1 is 1.00 bits per heavy atom. The number of fused-ring (bicyclic) bond motifs is 1. The smallest absolute Gasteiger partial charge is 0.436 e. The van der Waals surface area contributed by atoms with Crippen molar-refractivity contribution >= 4 is 37.0 Å². The molecule has 0 unspecified atom stereocenters. The molecule has 0 radical (unpaired) electrons. The second-order valence-corrected chi connectivity index (χ2v) is 17.2. The molecule has 1 aromatic carbocycles. The number of hydrogen-bond donors (Lipinski definition) is 0. The van der Waals surface area contributed by atoms with E-state index in [9.17, 15) is 9.59 Å². The average Bonchev–Trinajstić information content (AvgIpc) is 2.68. The quantitative estimate of drug-likeness (QED) is 0.148. The molecule has 2 rings (SSSR count). The molecule has 0 atom stereocenters. The molecule has 0 aliphatic rings.